The van der Waals surface area contributed by atoms with E-state index in [1.54, 1.807) is 6.55 Å². The second-order valence-corrected chi connectivity index (χ2v) is 18.6. The molecule has 42 heavy (non-hydrogen) atoms. The molecule has 0 nitrogen and oxygen atoms in total. The molecule has 0 radical (unpaired) electrons. The molecule has 4 aromatic carbocycles. The summed E-state index contributed by atoms with van der Waals surface area (Å²) in [6, 6.07) is 33.1. The van der Waals surface area contributed by atoms with Crippen LogP contribution in [0.5, 0.6) is 0 Å². The van der Waals surface area contributed by atoms with Gasteiger partial charge in [-0.2, -0.15) is 0 Å². The summed E-state index contributed by atoms with van der Waals surface area (Å²) in [7, 11) is 0. The van der Waals surface area contributed by atoms with E-state index < -0.39 is 21.3 Å². The Morgan fingerprint density at radius 2 is 1.33 bits per heavy atom. The van der Waals surface area contributed by atoms with Crippen LogP contribution in [0.1, 0.15) is 56.4 Å². The van der Waals surface area contributed by atoms with Crippen molar-refractivity contribution < 1.29 is 46.1 Å². The van der Waals surface area contributed by atoms with Crippen molar-refractivity contribution >= 4 is 29.7 Å². The first-order valence-corrected chi connectivity index (χ1v) is 18.6. The van der Waals surface area contributed by atoms with Gasteiger partial charge in [0, 0.05) is 0 Å². The fourth-order valence-corrected chi connectivity index (χ4v) is 15.1. The van der Waals surface area contributed by atoms with Crippen molar-refractivity contribution in [1.82, 2.24) is 0 Å². The first-order chi connectivity index (χ1) is 19.2. The van der Waals surface area contributed by atoms with Crippen LogP contribution >= 0.6 is 23.2 Å². The van der Waals surface area contributed by atoms with E-state index in [1.165, 1.54) is 42.2 Å². The number of hydrogen-bond donors (Lipinski definition) is 0. The maximum absolute atomic E-state index is 6.42. The maximum atomic E-state index is 6.42. The first-order valence-electron chi connectivity index (χ1n) is 14.2. The number of rotatable bonds is 5. The molecule has 0 bridgehead atoms. The van der Waals surface area contributed by atoms with Crippen LogP contribution < -0.4 is 28.1 Å². The standard InChI is InChI=1S/C13H8Cl2.C13H9.C11H17.2ClH.Zr/c14-12-5-1-10(2-6-12)9-11-3-7-13(15)8-4-11;1-3-7-12-10(5-1)9-11-6-2-4-8-13(11)12;1-5-9-6-7-10(8-9)11(2,3)4;;;/h1-8H;1-5,7-8H,9H2;7-9H,5H2,1-4H3;2*1H;/q;;;;;+2/p-2. The average Bonchev–Trinajstić information content (AvgIpc) is 3.55. The van der Waals surface area contributed by atoms with Crippen LogP contribution in [-0.2, 0) is 27.7 Å². The zero-order chi connectivity index (χ0) is 28.0. The molecule has 5 heteroatoms. The Labute approximate surface area is 280 Å². The van der Waals surface area contributed by atoms with Crippen LogP contribution in [-0.4, -0.2) is 3.21 Å². The summed E-state index contributed by atoms with van der Waals surface area (Å²) < 4.78 is 4.75. The molecule has 0 fully saturated rings. The third-order valence-electron chi connectivity index (χ3n) is 8.32. The van der Waals surface area contributed by atoms with Crippen molar-refractivity contribution in [3.05, 3.63) is 144 Å². The Bertz CT molecular complexity index is 1640. The van der Waals surface area contributed by atoms with Crippen LogP contribution in [0.3, 0.4) is 0 Å². The SMILES string of the molecule is CCC1C=C(C(C)(C)C)C=[C]1[Zr+2](=[C](c1ccc(Cl)cc1)c1ccc(Cl)cc1)[c]1cccc2c1Cc1ccccc1-2.[Cl-].[Cl-]. The fraction of sp³-hybridized carbons (Fsp3) is 0.216. The molecule has 0 spiro atoms. The van der Waals surface area contributed by atoms with E-state index in [2.05, 4.69) is 107 Å². The molecule has 1 atom stereocenters. The molecule has 0 saturated carbocycles. The van der Waals surface area contributed by atoms with Crippen molar-refractivity contribution in [3.8, 4) is 11.1 Å². The van der Waals surface area contributed by atoms with Crippen molar-refractivity contribution in [2.45, 2.75) is 40.5 Å². The maximum Gasteiger partial charge on any atom is -1.00 e. The van der Waals surface area contributed by atoms with Gasteiger partial charge in [0.05, 0.1) is 0 Å². The Morgan fingerprint density at radius 3 is 1.90 bits per heavy atom. The quantitative estimate of drug-likeness (QED) is 0.259. The monoisotopic (exact) mass is 708 g/mol. The van der Waals surface area contributed by atoms with Crippen molar-refractivity contribution in [2.75, 3.05) is 0 Å². The summed E-state index contributed by atoms with van der Waals surface area (Å²) in [6.45, 7) is 9.37. The summed E-state index contributed by atoms with van der Waals surface area (Å²) in [6.07, 6.45) is 7.27. The summed E-state index contributed by atoms with van der Waals surface area (Å²) in [5.41, 5.74) is 9.89. The Hall–Kier alpha value is -1.73. The van der Waals surface area contributed by atoms with Crippen LogP contribution in [0.2, 0.25) is 10.0 Å². The van der Waals surface area contributed by atoms with Crippen molar-refractivity contribution in [1.29, 1.82) is 0 Å². The van der Waals surface area contributed by atoms with Gasteiger partial charge in [-0.05, 0) is 0 Å². The van der Waals surface area contributed by atoms with Gasteiger partial charge in [-0.15, -0.1) is 0 Å². The fourth-order valence-electron chi connectivity index (χ4n) is 6.21. The Morgan fingerprint density at radius 1 is 0.762 bits per heavy atom. The Kier molecular flexibility index (Phi) is 10.7. The molecule has 0 N–H and O–H groups in total. The van der Waals surface area contributed by atoms with E-state index in [9.17, 15) is 0 Å². The molecule has 1 unspecified atom stereocenters. The molecule has 2 aliphatic carbocycles. The van der Waals surface area contributed by atoms with Gasteiger partial charge in [0.15, 0.2) is 0 Å². The van der Waals surface area contributed by atoms with Gasteiger partial charge < -0.3 is 24.8 Å². The minimum atomic E-state index is -2.82. The second-order valence-electron chi connectivity index (χ2n) is 11.9. The number of benzene rings is 4. The van der Waals surface area contributed by atoms with Gasteiger partial charge in [0.2, 0.25) is 0 Å². The first kappa shape index (κ1) is 33.2. The molecular formula is C37H34Cl4Zr. The normalized spacial score (nSPS) is 14.8. The van der Waals surface area contributed by atoms with Crippen molar-refractivity contribution in [2.24, 2.45) is 11.3 Å². The summed E-state index contributed by atoms with van der Waals surface area (Å²) >= 11 is 10.0. The molecule has 4 aromatic rings. The average molecular weight is 712 g/mol. The molecule has 0 heterocycles. The van der Waals surface area contributed by atoms with E-state index in [0.717, 1.165) is 22.9 Å². The van der Waals surface area contributed by atoms with E-state index in [-0.39, 0.29) is 30.2 Å². The van der Waals surface area contributed by atoms with Crippen LogP contribution in [0.15, 0.2) is 112 Å². The zero-order valence-corrected chi connectivity index (χ0v) is 29.8. The predicted molar refractivity (Wildman–Crippen MR) is 170 cm³/mol. The van der Waals surface area contributed by atoms with Gasteiger partial charge in [-0.1, -0.05) is 0 Å². The predicted octanol–water partition coefficient (Wildman–Crippen LogP) is 3.98. The number of allylic oxidation sites excluding steroid dienone is 4. The van der Waals surface area contributed by atoms with Gasteiger partial charge in [0.25, 0.3) is 0 Å². The van der Waals surface area contributed by atoms with E-state index >= 15 is 0 Å². The van der Waals surface area contributed by atoms with Gasteiger partial charge in [-0.3, -0.25) is 0 Å². The smallest absolute Gasteiger partial charge is 1.00 e. The number of hydrogen-bond acceptors (Lipinski definition) is 0. The van der Waals surface area contributed by atoms with Crippen LogP contribution in [0.4, 0.5) is 0 Å². The van der Waals surface area contributed by atoms with E-state index in [0.29, 0.717) is 5.92 Å². The third-order valence-corrected chi connectivity index (χ3v) is 16.6. The molecule has 0 saturated heterocycles. The van der Waals surface area contributed by atoms with Crippen LogP contribution in [0.25, 0.3) is 11.1 Å². The number of halogens is 4. The summed E-state index contributed by atoms with van der Waals surface area (Å²) in [5.74, 6) is 0.456. The minimum Gasteiger partial charge on any atom is -1.00 e. The largest absolute Gasteiger partial charge is 1.00 e. The Balaban J connectivity index is 0.00000202. The second kappa shape index (κ2) is 13.5. The van der Waals surface area contributed by atoms with Crippen LogP contribution in [0, 0.1) is 11.3 Å². The summed E-state index contributed by atoms with van der Waals surface area (Å²) in [4.78, 5) is 0. The van der Waals surface area contributed by atoms with Crippen molar-refractivity contribution in [3.63, 3.8) is 0 Å². The van der Waals surface area contributed by atoms with Gasteiger partial charge in [-0.25, -0.2) is 0 Å². The topological polar surface area (TPSA) is 0 Å². The van der Waals surface area contributed by atoms with E-state index in [4.69, 9.17) is 23.2 Å². The number of fused-ring (bicyclic) bond motifs is 3. The zero-order valence-electron chi connectivity index (χ0n) is 24.3. The molecule has 214 valence electrons. The van der Waals surface area contributed by atoms with Gasteiger partial charge >= 0.3 is 258 Å². The molecule has 0 amide bonds. The molecule has 0 aliphatic heterocycles. The molecular weight excluding hydrogens is 677 g/mol. The third kappa shape index (κ3) is 6.38. The summed E-state index contributed by atoms with van der Waals surface area (Å²) in [5, 5.41) is 1.53. The molecule has 0 aromatic heterocycles. The minimum absolute atomic E-state index is 0. The van der Waals surface area contributed by atoms with Gasteiger partial charge in [0.1, 0.15) is 0 Å². The van der Waals surface area contributed by atoms with E-state index in [1.807, 2.05) is 24.3 Å². The molecule has 6 rings (SSSR count). The molecule has 2 aliphatic rings.